The fourth-order valence-electron chi connectivity index (χ4n) is 2.22. The lowest BCUT2D eigenvalue weighted by atomic mass is 10.2. The van der Waals surface area contributed by atoms with E-state index in [1.165, 1.54) is 12.4 Å². The average molecular weight is 312 g/mol. The van der Waals surface area contributed by atoms with Crippen molar-refractivity contribution in [2.45, 2.75) is 0 Å². The van der Waals surface area contributed by atoms with Gasteiger partial charge in [0.15, 0.2) is 5.82 Å². The predicted octanol–water partition coefficient (Wildman–Crippen LogP) is 0.294. The van der Waals surface area contributed by atoms with Crippen LogP contribution in [0.5, 0.6) is 0 Å². The fraction of sp³-hybridized carbons (Fsp3) is 0.267. The van der Waals surface area contributed by atoms with E-state index in [9.17, 15) is 9.59 Å². The van der Waals surface area contributed by atoms with Crippen LogP contribution in [-0.4, -0.2) is 58.0 Å². The zero-order valence-electron chi connectivity index (χ0n) is 12.4. The Bertz CT molecular complexity index is 689. The maximum atomic E-state index is 12.0. The minimum absolute atomic E-state index is 0.0941. The van der Waals surface area contributed by atoms with Crippen LogP contribution < -0.4 is 10.6 Å². The maximum Gasteiger partial charge on any atom is 0.317 e. The Balaban J connectivity index is 1.54. The van der Waals surface area contributed by atoms with E-state index in [-0.39, 0.29) is 11.9 Å². The summed E-state index contributed by atoms with van der Waals surface area (Å²) in [4.78, 5) is 37.4. The summed E-state index contributed by atoms with van der Waals surface area (Å²) in [6, 6.07) is 3.56. The summed E-state index contributed by atoms with van der Waals surface area (Å²) in [6.45, 7) is 2.18. The minimum atomic E-state index is -0.262. The van der Waals surface area contributed by atoms with Gasteiger partial charge in [0.05, 0.1) is 5.56 Å². The molecule has 2 N–H and O–H groups in total. The molecule has 23 heavy (non-hydrogen) atoms. The quantitative estimate of drug-likeness (QED) is 0.827. The number of amides is 3. The van der Waals surface area contributed by atoms with E-state index in [1.807, 2.05) is 6.07 Å². The van der Waals surface area contributed by atoms with Gasteiger partial charge in [-0.3, -0.25) is 9.78 Å². The molecule has 0 aromatic carbocycles. The Morgan fingerprint density at radius 3 is 2.78 bits per heavy atom. The zero-order chi connectivity index (χ0) is 16.1. The number of carbonyl (C=O) groups excluding carboxylic acids is 2. The predicted molar refractivity (Wildman–Crippen MR) is 82.6 cm³/mol. The van der Waals surface area contributed by atoms with Gasteiger partial charge < -0.3 is 15.5 Å². The molecule has 8 nitrogen and oxygen atoms in total. The van der Waals surface area contributed by atoms with Gasteiger partial charge in [-0.25, -0.2) is 14.8 Å². The summed E-state index contributed by atoms with van der Waals surface area (Å²) >= 11 is 0. The summed E-state index contributed by atoms with van der Waals surface area (Å²) < 4.78 is 0. The summed E-state index contributed by atoms with van der Waals surface area (Å²) in [5.74, 6) is 0.255. The van der Waals surface area contributed by atoms with Crippen LogP contribution >= 0.6 is 0 Å². The second-order valence-corrected chi connectivity index (χ2v) is 5.01. The molecule has 0 bridgehead atoms. The molecule has 0 radical (unpaired) electrons. The van der Waals surface area contributed by atoms with Crippen LogP contribution in [0.1, 0.15) is 10.4 Å². The Morgan fingerprint density at radius 2 is 2.13 bits per heavy atom. The van der Waals surface area contributed by atoms with E-state index in [0.717, 1.165) is 5.56 Å². The molecule has 3 rings (SSSR count). The van der Waals surface area contributed by atoms with Crippen LogP contribution in [0.25, 0.3) is 11.4 Å². The average Bonchev–Trinajstić information content (AvgIpc) is 3.01. The summed E-state index contributed by atoms with van der Waals surface area (Å²) in [5.41, 5.74) is 1.17. The van der Waals surface area contributed by atoms with Crippen molar-refractivity contribution >= 4 is 11.9 Å². The first-order valence-electron chi connectivity index (χ1n) is 7.27. The van der Waals surface area contributed by atoms with Crippen molar-refractivity contribution in [2.24, 2.45) is 0 Å². The van der Waals surface area contributed by atoms with Gasteiger partial charge in [-0.2, -0.15) is 0 Å². The number of urea groups is 1. The van der Waals surface area contributed by atoms with Crippen LogP contribution in [0.4, 0.5) is 4.79 Å². The second kappa shape index (κ2) is 6.82. The molecule has 0 atom stereocenters. The second-order valence-electron chi connectivity index (χ2n) is 5.01. The smallest absolute Gasteiger partial charge is 0.317 e. The number of hydrogen-bond donors (Lipinski definition) is 2. The highest BCUT2D eigenvalue weighted by molar-refractivity contribution is 5.93. The van der Waals surface area contributed by atoms with Crippen molar-refractivity contribution in [3.8, 4) is 11.4 Å². The molecule has 118 valence electrons. The first-order valence-corrected chi connectivity index (χ1v) is 7.27. The normalized spacial score (nSPS) is 13.7. The van der Waals surface area contributed by atoms with Crippen LogP contribution in [0.3, 0.4) is 0 Å². The molecule has 0 aliphatic carbocycles. The number of pyridine rings is 1. The Morgan fingerprint density at radius 1 is 1.30 bits per heavy atom. The Kier molecular flexibility index (Phi) is 4.41. The summed E-state index contributed by atoms with van der Waals surface area (Å²) in [5, 5.41) is 5.46. The van der Waals surface area contributed by atoms with Gasteiger partial charge in [0.1, 0.15) is 0 Å². The largest absolute Gasteiger partial charge is 0.350 e. The van der Waals surface area contributed by atoms with E-state index >= 15 is 0 Å². The van der Waals surface area contributed by atoms with Gasteiger partial charge in [0, 0.05) is 56.5 Å². The van der Waals surface area contributed by atoms with Gasteiger partial charge >= 0.3 is 6.03 Å². The third-order valence-electron chi connectivity index (χ3n) is 3.45. The molecule has 3 heterocycles. The van der Waals surface area contributed by atoms with Crippen molar-refractivity contribution in [2.75, 3.05) is 26.2 Å². The van der Waals surface area contributed by atoms with E-state index in [2.05, 4.69) is 25.6 Å². The highest BCUT2D eigenvalue weighted by atomic mass is 16.2. The van der Waals surface area contributed by atoms with E-state index in [4.69, 9.17) is 0 Å². The lowest BCUT2D eigenvalue weighted by Gasteiger charge is -2.14. The molecule has 2 aromatic rings. The van der Waals surface area contributed by atoms with Crippen molar-refractivity contribution in [1.82, 2.24) is 30.5 Å². The molecule has 1 aliphatic rings. The molecular formula is C15H16N6O2. The molecule has 1 fully saturated rings. The number of rotatable bonds is 5. The van der Waals surface area contributed by atoms with Crippen molar-refractivity contribution in [3.05, 3.63) is 42.5 Å². The van der Waals surface area contributed by atoms with E-state index in [1.54, 1.807) is 23.4 Å². The van der Waals surface area contributed by atoms with Gasteiger partial charge in [0.25, 0.3) is 5.91 Å². The third kappa shape index (κ3) is 3.60. The van der Waals surface area contributed by atoms with Crippen molar-refractivity contribution < 1.29 is 9.59 Å². The molecule has 1 aliphatic heterocycles. The molecule has 0 saturated carbocycles. The first-order chi connectivity index (χ1) is 11.2. The lowest BCUT2D eigenvalue weighted by Crippen LogP contribution is -2.36. The topological polar surface area (TPSA) is 100 Å². The Labute approximate surface area is 133 Å². The van der Waals surface area contributed by atoms with Crippen LogP contribution in [0.2, 0.25) is 0 Å². The highest BCUT2D eigenvalue weighted by Gasteiger charge is 2.18. The lowest BCUT2D eigenvalue weighted by molar-refractivity contribution is 0.0949. The minimum Gasteiger partial charge on any atom is -0.350 e. The van der Waals surface area contributed by atoms with Gasteiger partial charge in [0.2, 0.25) is 0 Å². The molecule has 0 spiro atoms. The number of hydrogen-bond acceptors (Lipinski definition) is 5. The van der Waals surface area contributed by atoms with Crippen LogP contribution in [0, 0.1) is 0 Å². The molecule has 3 amide bonds. The van der Waals surface area contributed by atoms with Gasteiger partial charge in [-0.05, 0) is 12.1 Å². The summed E-state index contributed by atoms with van der Waals surface area (Å²) in [7, 11) is 0. The van der Waals surface area contributed by atoms with E-state index < -0.39 is 0 Å². The fourth-order valence-corrected chi connectivity index (χ4v) is 2.22. The molecule has 8 heteroatoms. The monoisotopic (exact) mass is 312 g/mol. The third-order valence-corrected chi connectivity index (χ3v) is 3.45. The SMILES string of the molecule is O=C(NCCN1CCNC1=O)c1cnc(-c2cccnc2)nc1. The highest BCUT2D eigenvalue weighted by Crippen LogP contribution is 2.11. The number of carbonyl (C=O) groups is 2. The maximum absolute atomic E-state index is 12.0. The molecular weight excluding hydrogens is 296 g/mol. The summed E-state index contributed by atoms with van der Waals surface area (Å²) in [6.07, 6.45) is 6.29. The first kappa shape index (κ1) is 14.9. The number of nitrogens with one attached hydrogen (secondary N) is 2. The molecule has 2 aromatic heterocycles. The number of aromatic nitrogens is 3. The molecule has 0 unspecified atom stereocenters. The zero-order valence-corrected chi connectivity index (χ0v) is 12.4. The van der Waals surface area contributed by atoms with Crippen molar-refractivity contribution in [1.29, 1.82) is 0 Å². The van der Waals surface area contributed by atoms with Crippen molar-refractivity contribution in [3.63, 3.8) is 0 Å². The van der Waals surface area contributed by atoms with Crippen LogP contribution in [0.15, 0.2) is 36.9 Å². The van der Waals surface area contributed by atoms with E-state index in [0.29, 0.717) is 37.6 Å². The van der Waals surface area contributed by atoms with Gasteiger partial charge in [-0.15, -0.1) is 0 Å². The number of nitrogens with zero attached hydrogens (tertiary/aromatic N) is 4. The molecule has 1 saturated heterocycles. The van der Waals surface area contributed by atoms with Crippen LogP contribution in [-0.2, 0) is 0 Å². The van der Waals surface area contributed by atoms with Gasteiger partial charge in [-0.1, -0.05) is 0 Å². The Hall–Kier alpha value is -3.03. The standard InChI is InChI=1S/C15H16N6O2/c22-14(17-4-6-21-7-5-18-15(21)23)12-9-19-13(20-10-12)11-2-1-3-16-8-11/h1-3,8-10H,4-7H2,(H,17,22)(H,18,23).